The quantitative estimate of drug-likeness (QED) is 0.631. The molecule has 0 saturated carbocycles. The minimum absolute atomic E-state index is 0.300. The molecule has 1 aliphatic heterocycles. The van der Waals surface area contributed by atoms with Gasteiger partial charge in [0.25, 0.3) is 0 Å². The van der Waals surface area contributed by atoms with Crippen molar-refractivity contribution in [1.82, 2.24) is 4.90 Å². The Morgan fingerprint density at radius 2 is 2.45 bits per heavy atom. The minimum Gasteiger partial charge on any atom is -0.396 e. The third-order valence-corrected chi connectivity index (χ3v) is 2.19. The largest absolute Gasteiger partial charge is 0.396 e. The highest BCUT2D eigenvalue weighted by atomic mass is 16.5. The maximum atomic E-state index is 8.59. The highest BCUT2D eigenvalue weighted by Crippen LogP contribution is 2.11. The lowest BCUT2D eigenvalue weighted by atomic mass is 10.3. The van der Waals surface area contributed by atoms with Gasteiger partial charge >= 0.3 is 0 Å². The summed E-state index contributed by atoms with van der Waals surface area (Å²) < 4.78 is 5.22. The molecule has 1 unspecified atom stereocenters. The summed E-state index contributed by atoms with van der Waals surface area (Å²) in [5, 5.41) is 8.59. The zero-order valence-corrected chi connectivity index (χ0v) is 7.12. The smallest absolute Gasteiger partial charge is 0.0710 e. The van der Waals surface area contributed by atoms with Gasteiger partial charge < -0.3 is 14.7 Å². The average molecular weight is 159 g/mol. The van der Waals surface area contributed by atoms with Crippen LogP contribution in [0.5, 0.6) is 0 Å². The summed E-state index contributed by atoms with van der Waals surface area (Å²) in [7, 11) is 1.76. The number of rotatable bonds is 4. The monoisotopic (exact) mass is 159 g/mol. The zero-order chi connectivity index (χ0) is 8.10. The lowest BCUT2D eigenvalue weighted by Gasteiger charge is -2.13. The molecule has 0 aromatic rings. The number of aliphatic hydroxyl groups excluding tert-OH is 1. The van der Waals surface area contributed by atoms with Crippen molar-refractivity contribution >= 4 is 0 Å². The van der Waals surface area contributed by atoms with E-state index in [9.17, 15) is 0 Å². The Hall–Kier alpha value is -0.120. The van der Waals surface area contributed by atoms with E-state index in [2.05, 4.69) is 4.90 Å². The van der Waals surface area contributed by atoms with Gasteiger partial charge in [-0.3, -0.25) is 0 Å². The Kier molecular flexibility index (Phi) is 3.83. The van der Waals surface area contributed by atoms with Gasteiger partial charge in [-0.2, -0.15) is 0 Å². The first-order valence-electron chi connectivity index (χ1n) is 4.23. The second-order valence-corrected chi connectivity index (χ2v) is 3.02. The zero-order valence-electron chi connectivity index (χ0n) is 7.12. The van der Waals surface area contributed by atoms with Crippen molar-refractivity contribution in [2.24, 2.45) is 0 Å². The third-order valence-electron chi connectivity index (χ3n) is 2.19. The van der Waals surface area contributed by atoms with E-state index in [1.165, 1.54) is 0 Å². The second-order valence-electron chi connectivity index (χ2n) is 3.02. The van der Waals surface area contributed by atoms with E-state index in [0.29, 0.717) is 12.7 Å². The molecule has 1 aliphatic rings. The minimum atomic E-state index is 0.300. The summed E-state index contributed by atoms with van der Waals surface area (Å²) in [6.45, 7) is 3.47. The molecule has 1 N–H and O–H groups in total. The highest BCUT2D eigenvalue weighted by Gasteiger charge is 2.20. The van der Waals surface area contributed by atoms with Crippen LogP contribution in [-0.2, 0) is 4.74 Å². The van der Waals surface area contributed by atoms with Crippen LogP contribution in [0, 0.1) is 0 Å². The first kappa shape index (κ1) is 8.97. The van der Waals surface area contributed by atoms with Crippen molar-refractivity contribution in [3.63, 3.8) is 0 Å². The SMILES string of the molecule is COC1CCN(CCCO)C1. The number of hydrogen-bond donors (Lipinski definition) is 1. The van der Waals surface area contributed by atoms with Crippen molar-refractivity contribution in [2.75, 3.05) is 33.4 Å². The topological polar surface area (TPSA) is 32.7 Å². The van der Waals surface area contributed by atoms with E-state index < -0.39 is 0 Å². The van der Waals surface area contributed by atoms with E-state index in [0.717, 1.165) is 32.5 Å². The van der Waals surface area contributed by atoms with E-state index in [1.807, 2.05) is 0 Å². The highest BCUT2D eigenvalue weighted by molar-refractivity contribution is 4.75. The molecule has 0 amide bonds. The van der Waals surface area contributed by atoms with Crippen LogP contribution in [0.4, 0.5) is 0 Å². The molecule has 0 aliphatic carbocycles. The Morgan fingerprint density at radius 1 is 1.64 bits per heavy atom. The van der Waals surface area contributed by atoms with Crippen molar-refractivity contribution in [1.29, 1.82) is 0 Å². The summed E-state index contributed by atoms with van der Waals surface area (Å²) in [4.78, 5) is 2.34. The molecule has 1 heterocycles. The van der Waals surface area contributed by atoms with Gasteiger partial charge in [-0.25, -0.2) is 0 Å². The molecule has 3 heteroatoms. The Morgan fingerprint density at radius 3 is 3.00 bits per heavy atom. The number of aliphatic hydroxyl groups is 1. The lowest BCUT2D eigenvalue weighted by Crippen LogP contribution is -2.24. The van der Waals surface area contributed by atoms with Crippen LogP contribution in [0.1, 0.15) is 12.8 Å². The maximum Gasteiger partial charge on any atom is 0.0710 e. The molecule has 0 aromatic heterocycles. The molecule has 0 bridgehead atoms. The molecule has 1 atom stereocenters. The predicted molar refractivity (Wildman–Crippen MR) is 43.6 cm³/mol. The molecule has 0 spiro atoms. The van der Waals surface area contributed by atoms with Gasteiger partial charge in [-0.05, 0) is 12.8 Å². The average Bonchev–Trinajstić information content (AvgIpc) is 2.48. The van der Waals surface area contributed by atoms with Crippen molar-refractivity contribution < 1.29 is 9.84 Å². The second kappa shape index (κ2) is 4.70. The van der Waals surface area contributed by atoms with Gasteiger partial charge in [0.2, 0.25) is 0 Å². The van der Waals surface area contributed by atoms with E-state index in [4.69, 9.17) is 9.84 Å². The van der Waals surface area contributed by atoms with Crippen LogP contribution < -0.4 is 0 Å². The summed E-state index contributed by atoms with van der Waals surface area (Å²) in [6, 6.07) is 0. The van der Waals surface area contributed by atoms with E-state index in [-0.39, 0.29) is 0 Å². The van der Waals surface area contributed by atoms with Gasteiger partial charge in [0, 0.05) is 33.4 Å². The predicted octanol–water partition coefficient (Wildman–Crippen LogP) is 0.0895. The number of nitrogens with zero attached hydrogens (tertiary/aromatic N) is 1. The Balaban J connectivity index is 2.09. The van der Waals surface area contributed by atoms with Crippen molar-refractivity contribution in [3.8, 4) is 0 Å². The van der Waals surface area contributed by atoms with Gasteiger partial charge in [0.05, 0.1) is 6.10 Å². The van der Waals surface area contributed by atoms with Gasteiger partial charge in [0.15, 0.2) is 0 Å². The number of ether oxygens (including phenoxy) is 1. The molecule has 1 saturated heterocycles. The summed E-state index contributed by atoms with van der Waals surface area (Å²) in [5.74, 6) is 0. The molecule has 11 heavy (non-hydrogen) atoms. The fourth-order valence-electron chi connectivity index (χ4n) is 1.49. The van der Waals surface area contributed by atoms with Gasteiger partial charge in [0.1, 0.15) is 0 Å². The molecule has 0 radical (unpaired) electrons. The van der Waals surface area contributed by atoms with E-state index >= 15 is 0 Å². The van der Waals surface area contributed by atoms with Crippen LogP contribution in [0.15, 0.2) is 0 Å². The number of hydrogen-bond acceptors (Lipinski definition) is 3. The Labute approximate surface area is 68.0 Å². The standard InChI is InChI=1S/C8H17NO2/c1-11-8-3-5-9(7-8)4-2-6-10/h8,10H,2-7H2,1H3. The molecule has 1 fully saturated rings. The van der Waals surface area contributed by atoms with Gasteiger partial charge in [-0.1, -0.05) is 0 Å². The number of methoxy groups -OCH3 is 1. The Bertz CT molecular complexity index is 108. The van der Waals surface area contributed by atoms with Crippen molar-refractivity contribution in [2.45, 2.75) is 18.9 Å². The normalized spacial score (nSPS) is 26.2. The van der Waals surface area contributed by atoms with Crippen LogP contribution in [0.3, 0.4) is 0 Å². The summed E-state index contributed by atoms with van der Waals surface area (Å²) in [5.41, 5.74) is 0. The van der Waals surface area contributed by atoms with Crippen LogP contribution in [-0.4, -0.2) is 49.5 Å². The lowest BCUT2D eigenvalue weighted by molar-refractivity contribution is 0.107. The van der Waals surface area contributed by atoms with Crippen LogP contribution in [0.2, 0.25) is 0 Å². The van der Waals surface area contributed by atoms with Crippen molar-refractivity contribution in [3.05, 3.63) is 0 Å². The molecule has 3 nitrogen and oxygen atoms in total. The molecular formula is C8H17NO2. The fraction of sp³-hybridized carbons (Fsp3) is 1.00. The summed E-state index contributed by atoms with van der Waals surface area (Å²) >= 11 is 0. The molecule has 66 valence electrons. The first-order chi connectivity index (χ1) is 5.36. The number of likely N-dealkylation sites (tertiary alicyclic amines) is 1. The van der Waals surface area contributed by atoms with Crippen LogP contribution in [0.25, 0.3) is 0 Å². The molecule has 1 rings (SSSR count). The van der Waals surface area contributed by atoms with E-state index in [1.54, 1.807) is 7.11 Å². The molecular weight excluding hydrogens is 142 g/mol. The summed E-state index contributed by atoms with van der Waals surface area (Å²) in [6.07, 6.45) is 2.45. The first-order valence-corrected chi connectivity index (χ1v) is 4.23. The van der Waals surface area contributed by atoms with Crippen LogP contribution >= 0.6 is 0 Å². The fourth-order valence-corrected chi connectivity index (χ4v) is 1.49. The third kappa shape index (κ3) is 2.77. The maximum absolute atomic E-state index is 8.59. The van der Waals surface area contributed by atoms with Gasteiger partial charge in [-0.15, -0.1) is 0 Å². The molecule has 0 aromatic carbocycles.